The Morgan fingerprint density at radius 2 is 2.20 bits per heavy atom. The van der Waals surface area contributed by atoms with Crippen molar-refractivity contribution >= 4 is 17.3 Å². The summed E-state index contributed by atoms with van der Waals surface area (Å²) in [5, 5.41) is 0.814. The van der Waals surface area contributed by atoms with Crippen LogP contribution in [0.5, 0.6) is 0 Å². The molecule has 112 valence electrons. The zero-order valence-corrected chi connectivity index (χ0v) is 13.4. The van der Waals surface area contributed by atoms with Gasteiger partial charge in [0, 0.05) is 23.3 Å². The van der Waals surface area contributed by atoms with Crippen molar-refractivity contribution in [3.05, 3.63) is 28.8 Å². The Labute approximate surface area is 127 Å². The molecule has 1 atom stereocenters. The molecule has 2 rings (SSSR count). The number of anilines is 1. The van der Waals surface area contributed by atoms with Crippen molar-refractivity contribution in [2.45, 2.75) is 45.2 Å². The number of nitrogens with zero attached hydrogens (tertiary/aromatic N) is 1. The molecular weight excluding hydrogens is 272 g/mol. The van der Waals surface area contributed by atoms with Gasteiger partial charge in [-0.15, -0.1) is 0 Å². The van der Waals surface area contributed by atoms with Crippen molar-refractivity contribution in [3.8, 4) is 0 Å². The van der Waals surface area contributed by atoms with E-state index < -0.39 is 0 Å². The third-order valence-corrected chi connectivity index (χ3v) is 4.35. The van der Waals surface area contributed by atoms with E-state index in [1.807, 2.05) is 0 Å². The van der Waals surface area contributed by atoms with Crippen LogP contribution in [-0.4, -0.2) is 31.3 Å². The molecule has 3 nitrogen and oxygen atoms in total. The number of morpholine rings is 1. The minimum absolute atomic E-state index is 0.00289. The Kier molecular flexibility index (Phi) is 4.95. The third kappa shape index (κ3) is 3.46. The second-order valence-electron chi connectivity index (χ2n) is 6.16. The summed E-state index contributed by atoms with van der Waals surface area (Å²) in [6, 6.07) is 6.50. The van der Waals surface area contributed by atoms with E-state index in [0.29, 0.717) is 0 Å². The van der Waals surface area contributed by atoms with Crippen LogP contribution in [0.1, 0.15) is 32.8 Å². The average molecular weight is 297 g/mol. The van der Waals surface area contributed by atoms with Gasteiger partial charge in [0.25, 0.3) is 0 Å². The van der Waals surface area contributed by atoms with Gasteiger partial charge >= 0.3 is 0 Å². The van der Waals surface area contributed by atoms with Gasteiger partial charge in [-0.2, -0.15) is 0 Å². The zero-order chi connectivity index (χ0) is 14.8. The standard InChI is InChI=1S/C16H25ClN2O/c1-4-13(18)9-12-5-6-14(10-15(12)17)19-7-8-20-11-16(19,2)3/h5-6,10,13H,4,7-9,11,18H2,1-3H3. The van der Waals surface area contributed by atoms with E-state index in [2.05, 4.69) is 43.9 Å². The molecule has 1 aromatic rings. The first-order valence-electron chi connectivity index (χ1n) is 7.33. The van der Waals surface area contributed by atoms with Crippen LogP contribution in [-0.2, 0) is 11.2 Å². The van der Waals surface area contributed by atoms with E-state index in [-0.39, 0.29) is 11.6 Å². The molecule has 1 fully saturated rings. The first kappa shape index (κ1) is 15.6. The summed E-state index contributed by atoms with van der Waals surface area (Å²) >= 11 is 6.43. The van der Waals surface area contributed by atoms with Crippen LogP contribution in [0, 0.1) is 0 Å². The second kappa shape index (κ2) is 6.33. The largest absolute Gasteiger partial charge is 0.377 e. The van der Waals surface area contributed by atoms with Crippen LogP contribution in [0.4, 0.5) is 5.69 Å². The third-order valence-electron chi connectivity index (χ3n) is 4.00. The monoisotopic (exact) mass is 296 g/mol. The predicted octanol–water partition coefficient (Wildman–Crippen LogP) is 3.24. The highest BCUT2D eigenvalue weighted by atomic mass is 35.5. The summed E-state index contributed by atoms with van der Waals surface area (Å²) in [6.07, 6.45) is 1.80. The van der Waals surface area contributed by atoms with Crippen molar-refractivity contribution in [2.75, 3.05) is 24.7 Å². The first-order valence-corrected chi connectivity index (χ1v) is 7.71. The van der Waals surface area contributed by atoms with Crippen LogP contribution in [0.2, 0.25) is 5.02 Å². The van der Waals surface area contributed by atoms with Gasteiger partial charge in [0.1, 0.15) is 0 Å². The van der Waals surface area contributed by atoms with E-state index in [1.165, 1.54) is 0 Å². The SMILES string of the molecule is CCC(N)Cc1ccc(N2CCOCC2(C)C)cc1Cl. The number of hydrogen-bond acceptors (Lipinski definition) is 3. The Morgan fingerprint density at radius 1 is 1.45 bits per heavy atom. The molecule has 1 heterocycles. The van der Waals surface area contributed by atoms with E-state index in [0.717, 1.165) is 48.9 Å². The molecule has 1 aliphatic heterocycles. The molecule has 1 aliphatic rings. The zero-order valence-electron chi connectivity index (χ0n) is 12.7. The van der Waals surface area contributed by atoms with E-state index in [4.69, 9.17) is 22.1 Å². The maximum absolute atomic E-state index is 6.43. The predicted molar refractivity (Wildman–Crippen MR) is 85.7 cm³/mol. The molecule has 0 aliphatic carbocycles. The molecule has 0 saturated carbocycles. The van der Waals surface area contributed by atoms with Crippen molar-refractivity contribution < 1.29 is 4.74 Å². The van der Waals surface area contributed by atoms with Crippen LogP contribution >= 0.6 is 11.6 Å². The maximum Gasteiger partial charge on any atom is 0.0694 e. The Balaban J connectivity index is 2.20. The number of rotatable bonds is 4. The van der Waals surface area contributed by atoms with Crippen LogP contribution < -0.4 is 10.6 Å². The van der Waals surface area contributed by atoms with Gasteiger partial charge in [-0.05, 0) is 44.4 Å². The lowest BCUT2D eigenvalue weighted by molar-refractivity contribution is 0.0644. The van der Waals surface area contributed by atoms with Gasteiger partial charge in [-0.1, -0.05) is 24.6 Å². The minimum atomic E-state index is 0.00289. The molecule has 0 radical (unpaired) electrons. The van der Waals surface area contributed by atoms with Gasteiger partial charge < -0.3 is 15.4 Å². The summed E-state index contributed by atoms with van der Waals surface area (Å²) in [6.45, 7) is 8.90. The highest BCUT2D eigenvalue weighted by molar-refractivity contribution is 6.31. The molecule has 4 heteroatoms. The fourth-order valence-corrected chi connectivity index (χ4v) is 2.89. The van der Waals surface area contributed by atoms with E-state index >= 15 is 0 Å². The summed E-state index contributed by atoms with van der Waals surface area (Å²) < 4.78 is 5.57. The van der Waals surface area contributed by atoms with Crippen LogP contribution in [0.25, 0.3) is 0 Å². The smallest absolute Gasteiger partial charge is 0.0694 e. The van der Waals surface area contributed by atoms with Gasteiger partial charge in [-0.25, -0.2) is 0 Å². The Hall–Kier alpha value is -0.770. The van der Waals surface area contributed by atoms with Gasteiger partial charge in [0.2, 0.25) is 0 Å². The maximum atomic E-state index is 6.43. The normalized spacial score (nSPS) is 19.9. The topological polar surface area (TPSA) is 38.5 Å². The Morgan fingerprint density at radius 3 is 2.80 bits per heavy atom. The number of nitrogens with two attached hydrogens (primary N) is 1. The van der Waals surface area contributed by atoms with Gasteiger partial charge in [-0.3, -0.25) is 0 Å². The quantitative estimate of drug-likeness (QED) is 0.927. The van der Waals surface area contributed by atoms with Crippen molar-refractivity contribution in [2.24, 2.45) is 5.73 Å². The number of benzene rings is 1. The minimum Gasteiger partial charge on any atom is -0.377 e. The lowest BCUT2D eigenvalue weighted by atomic mass is 9.99. The van der Waals surface area contributed by atoms with E-state index in [1.54, 1.807) is 0 Å². The van der Waals surface area contributed by atoms with Crippen molar-refractivity contribution in [3.63, 3.8) is 0 Å². The molecule has 0 spiro atoms. The molecule has 0 amide bonds. The lowest BCUT2D eigenvalue weighted by Gasteiger charge is -2.44. The van der Waals surface area contributed by atoms with Crippen molar-refractivity contribution in [1.82, 2.24) is 0 Å². The number of hydrogen-bond donors (Lipinski definition) is 1. The molecule has 1 aromatic carbocycles. The van der Waals surface area contributed by atoms with E-state index in [9.17, 15) is 0 Å². The molecule has 1 unspecified atom stereocenters. The summed E-state index contributed by atoms with van der Waals surface area (Å²) in [5.41, 5.74) is 8.31. The molecule has 20 heavy (non-hydrogen) atoms. The average Bonchev–Trinajstić information content (AvgIpc) is 2.40. The highest BCUT2D eigenvalue weighted by Crippen LogP contribution is 2.30. The number of ether oxygens (including phenoxy) is 1. The molecule has 1 saturated heterocycles. The van der Waals surface area contributed by atoms with Crippen LogP contribution in [0.15, 0.2) is 18.2 Å². The molecular formula is C16H25ClN2O. The molecule has 0 aromatic heterocycles. The summed E-state index contributed by atoms with van der Waals surface area (Å²) in [4.78, 5) is 2.37. The fourth-order valence-electron chi connectivity index (χ4n) is 2.63. The first-order chi connectivity index (χ1) is 9.44. The summed E-state index contributed by atoms with van der Waals surface area (Å²) in [7, 11) is 0. The molecule has 2 N–H and O–H groups in total. The van der Waals surface area contributed by atoms with Gasteiger partial charge in [0.15, 0.2) is 0 Å². The van der Waals surface area contributed by atoms with Gasteiger partial charge in [0.05, 0.1) is 18.8 Å². The van der Waals surface area contributed by atoms with Crippen molar-refractivity contribution in [1.29, 1.82) is 0 Å². The fraction of sp³-hybridized carbons (Fsp3) is 0.625. The highest BCUT2D eigenvalue weighted by Gasteiger charge is 2.30. The van der Waals surface area contributed by atoms with Crippen LogP contribution in [0.3, 0.4) is 0 Å². The summed E-state index contributed by atoms with van der Waals surface area (Å²) in [5.74, 6) is 0. The second-order valence-corrected chi connectivity index (χ2v) is 6.57. The number of halogens is 1. The molecule has 0 bridgehead atoms. The Bertz CT molecular complexity index is 462. The lowest BCUT2D eigenvalue weighted by Crippen LogP contribution is -2.53.